The van der Waals surface area contributed by atoms with Gasteiger partial charge in [0.15, 0.2) is 0 Å². The van der Waals surface area contributed by atoms with Crippen LogP contribution in [0.5, 0.6) is 0 Å². The molecule has 2 saturated heterocycles. The van der Waals surface area contributed by atoms with Gasteiger partial charge >= 0.3 is 0 Å². The molecule has 1 spiro atoms. The van der Waals surface area contributed by atoms with Gasteiger partial charge in [-0.15, -0.1) is 11.3 Å². The third-order valence-electron chi connectivity index (χ3n) is 5.88. The lowest BCUT2D eigenvalue weighted by Crippen LogP contribution is -2.72. The lowest BCUT2D eigenvalue weighted by molar-refractivity contribution is -0.151. The predicted octanol–water partition coefficient (Wildman–Crippen LogP) is 3.33. The first-order valence-electron chi connectivity index (χ1n) is 9.86. The summed E-state index contributed by atoms with van der Waals surface area (Å²) in [6, 6.07) is 0. The van der Waals surface area contributed by atoms with Crippen LogP contribution < -0.4 is 0 Å². The highest BCUT2D eigenvalue weighted by atomic mass is 32.1. The first-order chi connectivity index (χ1) is 12.4. The number of hydrogen-bond acceptors (Lipinski definition) is 5. The number of piperidine rings is 1. The van der Waals surface area contributed by atoms with Crippen molar-refractivity contribution in [1.82, 2.24) is 14.8 Å². The highest BCUT2D eigenvalue weighted by Gasteiger charge is 2.50. The van der Waals surface area contributed by atoms with E-state index in [0.29, 0.717) is 30.8 Å². The van der Waals surface area contributed by atoms with Gasteiger partial charge in [-0.25, -0.2) is 4.98 Å². The number of rotatable bonds is 7. The standard InChI is InChI=1S/C20H33N3O2S/c1-15(2)5-6-19(24)23-13-20(14-23)9-17(7-8-22(20)4)10-25-11-18-12-26-16(3)21-18/h12,15,17H,5-11,13-14H2,1-4H3/t17-/m1/s1. The molecule has 1 aromatic rings. The Kier molecular flexibility index (Phi) is 6.36. The van der Waals surface area contributed by atoms with E-state index in [9.17, 15) is 4.79 Å². The number of likely N-dealkylation sites (N-methyl/N-ethyl adjacent to an activating group) is 1. The molecule has 1 atom stereocenters. The fourth-order valence-corrected chi connectivity index (χ4v) is 4.73. The van der Waals surface area contributed by atoms with Crippen LogP contribution in [-0.2, 0) is 16.1 Å². The monoisotopic (exact) mass is 379 g/mol. The largest absolute Gasteiger partial charge is 0.375 e. The predicted molar refractivity (Wildman–Crippen MR) is 105 cm³/mol. The van der Waals surface area contributed by atoms with Crippen LogP contribution in [0, 0.1) is 18.8 Å². The van der Waals surface area contributed by atoms with Crippen LogP contribution in [0.15, 0.2) is 5.38 Å². The van der Waals surface area contributed by atoms with Gasteiger partial charge in [-0.3, -0.25) is 9.69 Å². The Labute approximate surface area is 161 Å². The Morgan fingerprint density at radius 2 is 2.23 bits per heavy atom. The number of likely N-dealkylation sites (tertiary alicyclic amines) is 2. The van der Waals surface area contributed by atoms with Crippen molar-refractivity contribution in [3.63, 3.8) is 0 Å². The average molecular weight is 380 g/mol. The summed E-state index contributed by atoms with van der Waals surface area (Å²) >= 11 is 1.68. The first-order valence-corrected chi connectivity index (χ1v) is 10.7. The quantitative estimate of drug-likeness (QED) is 0.729. The molecule has 3 heterocycles. The zero-order chi connectivity index (χ0) is 18.7. The maximum atomic E-state index is 12.4. The number of aromatic nitrogens is 1. The van der Waals surface area contributed by atoms with Gasteiger partial charge < -0.3 is 9.64 Å². The molecule has 0 unspecified atom stereocenters. The Morgan fingerprint density at radius 3 is 2.88 bits per heavy atom. The van der Waals surface area contributed by atoms with Crippen molar-refractivity contribution in [2.75, 3.05) is 33.3 Å². The third-order valence-corrected chi connectivity index (χ3v) is 6.70. The molecule has 0 radical (unpaired) electrons. The van der Waals surface area contributed by atoms with Crippen LogP contribution in [-0.4, -0.2) is 59.5 Å². The van der Waals surface area contributed by atoms with Crippen molar-refractivity contribution < 1.29 is 9.53 Å². The van der Waals surface area contributed by atoms with Crippen molar-refractivity contribution in [3.8, 4) is 0 Å². The van der Waals surface area contributed by atoms with Gasteiger partial charge in [0.2, 0.25) is 5.91 Å². The molecule has 3 rings (SSSR count). The Bertz CT molecular complexity index is 610. The average Bonchev–Trinajstić information content (AvgIpc) is 2.97. The second-order valence-electron chi connectivity index (χ2n) is 8.56. The van der Waals surface area contributed by atoms with E-state index >= 15 is 0 Å². The smallest absolute Gasteiger partial charge is 0.222 e. The topological polar surface area (TPSA) is 45.7 Å². The van der Waals surface area contributed by atoms with E-state index in [4.69, 9.17) is 4.74 Å². The molecule has 2 aliphatic heterocycles. The molecule has 1 amide bonds. The van der Waals surface area contributed by atoms with Crippen molar-refractivity contribution in [1.29, 1.82) is 0 Å². The number of amides is 1. The summed E-state index contributed by atoms with van der Waals surface area (Å²) in [5, 5.41) is 3.18. The number of ether oxygens (including phenoxy) is 1. The minimum Gasteiger partial charge on any atom is -0.375 e. The second kappa shape index (κ2) is 8.36. The molecule has 5 nitrogen and oxygen atoms in total. The zero-order valence-corrected chi connectivity index (χ0v) is 17.5. The Morgan fingerprint density at radius 1 is 1.46 bits per heavy atom. The molecule has 0 bridgehead atoms. The SMILES string of the molecule is Cc1nc(COC[C@@H]2CCN(C)C3(C2)CN(C(=O)CCC(C)C)C3)cs1. The summed E-state index contributed by atoms with van der Waals surface area (Å²) in [6.07, 6.45) is 3.99. The molecule has 0 aliphatic carbocycles. The molecule has 26 heavy (non-hydrogen) atoms. The van der Waals surface area contributed by atoms with Gasteiger partial charge in [-0.1, -0.05) is 13.8 Å². The maximum absolute atomic E-state index is 12.4. The fourth-order valence-electron chi connectivity index (χ4n) is 4.14. The highest BCUT2D eigenvalue weighted by molar-refractivity contribution is 7.09. The van der Waals surface area contributed by atoms with E-state index in [2.05, 4.69) is 41.1 Å². The highest BCUT2D eigenvalue weighted by Crippen LogP contribution is 2.38. The van der Waals surface area contributed by atoms with Crippen LogP contribution in [0.1, 0.15) is 50.2 Å². The summed E-state index contributed by atoms with van der Waals surface area (Å²) in [5.74, 6) is 1.50. The minimum atomic E-state index is 0.178. The van der Waals surface area contributed by atoms with Gasteiger partial charge in [0, 0.05) is 24.9 Å². The number of thiazole rings is 1. The lowest BCUT2D eigenvalue weighted by Gasteiger charge is -2.58. The molecule has 2 fully saturated rings. The van der Waals surface area contributed by atoms with E-state index in [1.54, 1.807) is 11.3 Å². The van der Waals surface area contributed by atoms with Crippen molar-refractivity contribution >= 4 is 17.2 Å². The van der Waals surface area contributed by atoms with Crippen molar-refractivity contribution in [3.05, 3.63) is 16.1 Å². The summed E-state index contributed by atoms with van der Waals surface area (Å²) < 4.78 is 5.95. The summed E-state index contributed by atoms with van der Waals surface area (Å²) in [7, 11) is 2.21. The number of hydrogen-bond donors (Lipinski definition) is 0. The maximum Gasteiger partial charge on any atom is 0.222 e. The number of aryl methyl sites for hydroxylation is 1. The van der Waals surface area contributed by atoms with Crippen LogP contribution in [0.2, 0.25) is 0 Å². The van der Waals surface area contributed by atoms with Crippen molar-refractivity contribution in [2.24, 2.45) is 11.8 Å². The van der Waals surface area contributed by atoms with Gasteiger partial charge in [0.25, 0.3) is 0 Å². The molecular weight excluding hydrogens is 346 g/mol. The number of carbonyl (C=O) groups is 1. The van der Waals surface area contributed by atoms with Crippen LogP contribution >= 0.6 is 11.3 Å². The molecular formula is C20H33N3O2S. The Hall–Kier alpha value is -0.980. The molecule has 6 heteroatoms. The van der Waals surface area contributed by atoms with Crippen LogP contribution in [0.4, 0.5) is 0 Å². The summed E-state index contributed by atoms with van der Waals surface area (Å²) in [5.41, 5.74) is 1.22. The van der Waals surface area contributed by atoms with Crippen LogP contribution in [0.25, 0.3) is 0 Å². The lowest BCUT2D eigenvalue weighted by atomic mass is 9.75. The van der Waals surface area contributed by atoms with Crippen LogP contribution in [0.3, 0.4) is 0 Å². The van der Waals surface area contributed by atoms with E-state index < -0.39 is 0 Å². The van der Waals surface area contributed by atoms with Crippen molar-refractivity contribution in [2.45, 2.75) is 58.6 Å². The normalized spacial score (nSPS) is 22.8. The van der Waals surface area contributed by atoms with E-state index in [1.165, 1.54) is 6.42 Å². The van der Waals surface area contributed by atoms with Gasteiger partial charge in [0.1, 0.15) is 0 Å². The van der Waals surface area contributed by atoms with Gasteiger partial charge in [-0.05, 0) is 51.6 Å². The molecule has 0 saturated carbocycles. The second-order valence-corrected chi connectivity index (χ2v) is 9.62. The van der Waals surface area contributed by atoms with E-state index in [-0.39, 0.29) is 5.54 Å². The van der Waals surface area contributed by atoms with E-state index in [1.807, 2.05) is 6.92 Å². The molecule has 146 valence electrons. The molecule has 0 aromatic carbocycles. The first kappa shape index (κ1) is 19.8. The molecule has 2 aliphatic rings. The Balaban J connectivity index is 1.44. The summed E-state index contributed by atoms with van der Waals surface area (Å²) in [6.45, 7) is 10.7. The minimum absolute atomic E-state index is 0.178. The van der Waals surface area contributed by atoms with Gasteiger partial charge in [-0.2, -0.15) is 0 Å². The zero-order valence-electron chi connectivity index (χ0n) is 16.7. The number of carbonyl (C=O) groups excluding carboxylic acids is 1. The molecule has 1 aromatic heterocycles. The van der Waals surface area contributed by atoms with Gasteiger partial charge in [0.05, 0.1) is 29.5 Å². The molecule has 0 N–H and O–H groups in total. The number of nitrogens with zero attached hydrogens (tertiary/aromatic N) is 3. The third kappa shape index (κ3) is 4.65. The fraction of sp³-hybridized carbons (Fsp3) is 0.800. The van der Waals surface area contributed by atoms with E-state index in [0.717, 1.165) is 49.8 Å². The summed E-state index contributed by atoms with van der Waals surface area (Å²) in [4.78, 5) is 21.3.